The fourth-order valence-electron chi connectivity index (χ4n) is 4.75. The summed E-state index contributed by atoms with van der Waals surface area (Å²) in [6.45, 7) is 3.89. The van der Waals surface area contributed by atoms with Gasteiger partial charge in [0.05, 0.1) is 47.1 Å². The maximum Gasteiger partial charge on any atom is 0.338 e. The van der Waals surface area contributed by atoms with Gasteiger partial charge in [-0.3, -0.25) is 9.36 Å². The van der Waals surface area contributed by atoms with Crippen LogP contribution in [0, 0.1) is 5.82 Å². The quantitative estimate of drug-likeness (QED) is 0.226. The van der Waals surface area contributed by atoms with Gasteiger partial charge in [0, 0.05) is 0 Å². The van der Waals surface area contributed by atoms with Crippen LogP contribution in [0.4, 0.5) is 4.39 Å². The lowest BCUT2D eigenvalue weighted by molar-refractivity contribution is -0.139. The monoisotopic (exact) mass is 666 g/mol. The lowest BCUT2D eigenvalue weighted by Crippen LogP contribution is -2.39. The first-order valence-electron chi connectivity index (χ1n) is 13.3. The Bertz CT molecular complexity index is 1900. The summed E-state index contributed by atoms with van der Waals surface area (Å²) in [6.07, 6.45) is 1.75. The molecule has 0 saturated heterocycles. The highest BCUT2D eigenvalue weighted by atomic mass is 79.9. The normalized spacial score (nSPS) is 14.7. The number of halogens is 2. The zero-order valence-electron chi connectivity index (χ0n) is 23.9. The number of benzene rings is 3. The number of carbonyl (C=O) groups is 1. The van der Waals surface area contributed by atoms with E-state index in [-0.39, 0.29) is 24.6 Å². The van der Waals surface area contributed by atoms with Gasteiger partial charge in [-0.25, -0.2) is 14.2 Å². The molecule has 0 unspecified atom stereocenters. The molecule has 0 fully saturated rings. The molecule has 43 heavy (non-hydrogen) atoms. The van der Waals surface area contributed by atoms with Gasteiger partial charge in [-0.05, 0) is 88.9 Å². The van der Waals surface area contributed by atoms with E-state index in [4.69, 9.17) is 18.9 Å². The number of aromatic nitrogens is 1. The highest BCUT2D eigenvalue weighted by Gasteiger charge is 2.33. The largest absolute Gasteiger partial charge is 0.496 e. The Kier molecular flexibility index (Phi) is 9.12. The number of rotatable bonds is 9. The van der Waals surface area contributed by atoms with Crippen molar-refractivity contribution in [2.45, 2.75) is 26.5 Å². The summed E-state index contributed by atoms with van der Waals surface area (Å²) >= 11 is 4.75. The summed E-state index contributed by atoms with van der Waals surface area (Å²) in [7, 11) is 3.10. The predicted octanol–water partition coefficient (Wildman–Crippen LogP) is 5.30. The van der Waals surface area contributed by atoms with Crippen LogP contribution < -0.4 is 29.1 Å². The number of fused-ring (bicyclic) bond motifs is 1. The molecule has 0 radical (unpaired) electrons. The Hall–Kier alpha value is -4.22. The zero-order chi connectivity index (χ0) is 30.7. The number of methoxy groups -OCH3 is 2. The standard InChI is InChI=1S/C32H28BrFN2O6S/c1-5-41-31(38)28-18(2)35-32-36(29(28)21-9-13-24(39-3)23(33)16-21)30(37)27(43-32)15-20-8-12-25(26(14-20)40-4)42-17-19-6-10-22(34)11-7-19/h6-16,29H,5,17H2,1-4H3/b27-15-/t29-/m1/s1. The van der Waals surface area contributed by atoms with Crippen LogP contribution in [0.25, 0.3) is 6.08 Å². The summed E-state index contributed by atoms with van der Waals surface area (Å²) < 4.78 is 38.1. The lowest BCUT2D eigenvalue weighted by atomic mass is 9.96. The minimum atomic E-state index is -0.753. The lowest BCUT2D eigenvalue weighted by Gasteiger charge is -2.25. The van der Waals surface area contributed by atoms with Crippen molar-refractivity contribution in [3.05, 3.63) is 119 Å². The van der Waals surface area contributed by atoms with Gasteiger partial charge < -0.3 is 18.9 Å². The van der Waals surface area contributed by atoms with Crippen LogP contribution in [0.1, 0.15) is 36.6 Å². The Morgan fingerprint density at radius 3 is 2.44 bits per heavy atom. The Balaban J connectivity index is 1.55. The van der Waals surface area contributed by atoms with Crippen molar-refractivity contribution in [2.24, 2.45) is 4.99 Å². The number of esters is 1. The molecular formula is C32H28BrFN2O6S. The van der Waals surface area contributed by atoms with Crippen molar-refractivity contribution in [3.63, 3.8) is 0 Å². The molecule has 0 saturated carbocycles. The molecule has 8 nitrogen and oxygen atoms in total. The average Bonchev–Trinajstić information content (AvgIpc) is 3.30. The smallest absolute Gasteiger partial charge is 0.338 e. The third kappa shape index (κ3) is 6.28. The number of ether oxygens (including phenoxy) is 4. The van der Waals surface area contributed by atoms with Crippen molar-refractivity contribution in [2.75, 3.05) is 20.8 Å². The van der Waals surface area contributed by atoms with Crippen LogP contribution in [0.3, 0.4) is 0 Å². The van der Waals surface area contributed by atoms with E-state index in [0.29, 0.717) is 53.5 Å². The number of hydrogen-bond acceptors (Lipinski definition) is 8. The van der Waals surface area contributed by atoms with Gasteiger partial charge >= 0.3 is 5.97 Å². The maximum absolute atomic E-state index is 13.9. The molecule has 5 rings (SSSR count). The van der Waals surface area contributed by atoms with Gasteiger partial charge in [0.1, 0.15) is 18.2 Å². The van der Waals surface area contributed by atoms with Crippen molar-refractivity contribution < 1.29 is 28.1 Å². The van der Waals surface area contributed by atoms with E-state index in [2.05, 4.69) is 20.9 Å². The predicted molar refractivity (Wildman–Crippen MR) is 165 cm³/mol. The topological polar surface area (TPSA) is 88.4 Å². The van der Waals surface area contributed by atoms with Crippen LogP contribution >= 0.6 is 27.3 Å². The van der Waals surface area contributed by atoms with E-state index < -0.39 is 12.0 Å². The van der Waals surface area contributed by atoms with Gasteiger partial charge in [0.2, 0.25) is 0 Å². The minimum Gasteiger partial charge on any atom is -0.496 e. The summed E-state index contributed by atoms with van der Waals surface area (Å²) in [5.41, 5.74) is 2.69. The second kappa shape index (κ2) is 13.0. The Labute approximate surface area is 259 Å². The molecule has 0 amide bonds. The highest BCUT2D eigenvalue weighted by Crippen LogP contribution is 2.35. The molecule has 1 atom stereocenters. The molecule has 2 heterocycles. The molecule has 222 valence electrons. The molecule has 0 aliphatic carbocycles. The van der Waals surface area contributed by atoms with Crippen LogP contribution in [0.2, 0.25) is 0 Å². The van der Waals surface area contributed by atoms with Crippen molar-refractivity contribution in [1.29, 1.82) is 0 Å². The zero-order valence-corrected chi connectivity index (χ0v) is 26.3. The molecule has 11 heteroatoms. The van der Waals surface area contributed by atoms with Crippen LogP contribution in [-0.4, -0.2) is 31.4 Å². The first-order chi connectivity index (χ1) is 20.7. The second-order valence-electron chi connectivity index (χ2n) is 9.52. The van der Waals surface area contributed by atoms with Crippen LogP contribution in [0.5, 0.6) is 17.2 Å². The third-order valence-corrected chi connectivity index (χ3v) is 8.40. The second-order valence-corrected chi connectivity index (χ2v) is 11.4. The first-order valence-corrected chi connectivity index (χ1v) is 14.9. The van der Waals surface area contributed by atoms with Crippen LogP contribution in [-0.2, 0) is 16.1 Å². The maximum atomic E-state index is 13.9. The highest BCUT2D eigenvalue weighted by molar-refractivity contribution is 9.10. The number of hydrogen-bond donors (Lipinski definition) is 0. The van der Waals surface area contributed by atoms with Gasteiger partial charge in [-0.2, -0.15) is 0 Å². The molecule has 1 aliphatic heterocycles. The molecule has 0 spiro atoms. The van der Waals surface area contributed by atoms with Gasteiger partial charge in [-0.15, -0.1) is 0 Å². The summed E-state index contributed by atoms with van der Waals surface area (Å²) in [4.78, 5) is 32.2. The Morgan fingerprint density at radius 2 is 1.77 bits per heavy atom. The molecule has 4 aromatic rings. The van der Waals surface area contributed by atoms with Gasteiger partial charge in [-0.1, -0.05) is 35.6 Å². The third-order valence-electron chi connectivity index (χ3n) is 6.80. The van der Waals surface area contributed by atoms with E-state index in [1.807, 2.05) is 18.2 Å². The van der Waals surface area contributed by atoms with Gasteiger partial charge in [0.15, 0.2) is 16.3 Å². The summed E-state index contributed by atoms with van der Waals surface area (Å²) in [5, 5.41) is 0. The summed E-state index contributed by atoms with van der Waals surface area (Å²) in [5.74, 6) is 0.756. The minimum absolute atomic E-state index is 0.185. The molecule has 0 bridgehead atoms. The number of thiazole rings is 1. The van der Waals surface area contributed by atoms with Crippen molar-refractivity contribution in [1.82, 2.24) is 4.57 Å². The average molecular weight is 668 g/mol. The van der Waals surface area contributed by atoms with E-state index >= 15 is 0 Å². The number of carbonyl (C=O) groups excluding carboxylic acids is 1. The molecule has 1 aromatic heterocycles. The van der Waals surface area contributed by atoms with Crippen molar-refractivity contribution >= 4 is 39.3 Å². The van der Waals surface area contributed by atoms with Gasteiger partial charge in [0.25, 0.3) is 5.56 Å². The number of allylic oxidation sites excluding steroid dienone is 1. The number of nitrogens with zero attached hydrogens (tertiary/aromatic N) is 2. The van der Waals surface area contributed by atoms with E-state index in [9.17, 15) is 14.0 Å². The van der Waals surface area contributed by atoms with E-state index in [1.165, 1.54) is 35.1 Å². The summed E-state index contributed by atoms with van der Waals surface area (Å²) in [6, 6.07) is 16.1. The molecule has 3 aromatic carbocycles. The Morgan fingerprint density at radius 1 is 1.05 bits per heavy atom. The first kappa shape index (κ1) is 30.2. The molecule has 0 N–H and O–H groups in total. The molecule has 1 aliphatic rings. The molecular weight excluding hydrogens is 639 g/mol. The van der Waals surface area contributed by atoms with Crippen molar-refractivity contribution in [3.8, 4) is 17.2 Å². The fourth-order valence-corrected chi connectivity index (χ4v) is 6.35. The fraction of sp³-hybridized carbons (Fsp3) is 0.219. The van der Waals surface area contributed by atoms with Crippen LogP contribution in [0.15, 0.2) is 86.2 Å². The van der Waals surface area contributed by atoms with E-state index in [1.54, 1.807) is 57.4 Å². The van der Waals surface area contributed by atoms with E-state index in [0.717, 1.165) is 5.56 Å². The SMILES string of the molecule is CCOC(=O)C1=C(C)N=c2s/c(=C\c3ccc(OCc4ccc(F)cc4)c(OC)c3)c(=O)n2[C@@H]1c1ccc(OC)c(Br)c1.